The van der Waals surface area contributed by atoms with E-state index >= 15 is 0 Å². The third-order valence-electron chi connectivity index (χ3n) is 1.75. The highest BCUT2D eigenvalue weighted by Gasteiger charge is 2.10. The maximum Gasteiger partial charge on any atom is 0.254 e. The maximum absolute atomic E-state index is 11.0. The molecule has 5 heteroatoms. The van der Waals surface area contributed by atoms with E-state index in [4.69, 9.17) is 10.5 Å². The van der Waals surface area contributed by atoms with Gasteiger partial charge in [0, 0.05) is 11.5 Å². The van der Waals surface area contributed by atoms with E-state index in [1.165, 1.54) is 7.11 Å². The Labute approximate surface area is 90.6 Å². The molecule has 76 valence electrons. The number of primary amides is 1. The lowest BCUT2D eigenvalue weighted by atomic mass is 10.1. The van der Waals surface area contributed by atoms with Crippen LogP contribution in [0.25, 0.3) is 0 Å². The largest absolute Gasteiger partial charge is 0.480 e. The van der Waals surface area contributed by atoms with Crippen LogP contribution in [-0.4, -0.2) is 23.3 Å². The summed E-state index contributed by atoms with van der Waals surface area (Å²) < 4.78 is 4.92. The van der Waals surface area contributed by atoms with Gasteiger partial charge in [-0.05, 0) is 18.1 Å². The highest BCUT2D eigenvalue weighted by molar-refractivity contribution is 9.09. The van der Waals surface area contributed by atoms with Crippen molar-refractivity contribution in [2.24, 2.45) is 5.73 Å². The van der Waals surface area contributed by atoms with Gasteiger partial charge in [0.15, 0.2) is 0 Å². The summed E-state index contributed by atoms with van der Waals surface area (Å²) in [5.74, 6) is -0.249. The SMILES string of the molecule is COc1ncc(CCBr)cc1C(N)=O. The maximum atomic E-state index is 11.0. The Hall–Kier alpha value is -1.10. The molecule has 14 heavy (non-hydrogen) atoms. The van der Waals surface area contributed by atoms with Crippen LogP contribution in [0, 0.1) is 0 Å². The van der Waals surface area contributed by atoms with E-state index in [9.17, 15) is 4.79 Å². The van der Waals surface area contributed by atoms with Crippen LogP contribution in [0.4, 0.5) is 0 Å². The fourth-order valence-electron chi connectivity index (χ4n) is 1.08. The zero-order valence-corrected chi connectivity index (χ0v) is 9.37. The first-order chi connectivity index (χ1) is 6.69. The molecular weight excluding hydrogens is 248 g/mol. The van der Waals surface area contributed by atoms with Gasteiger partial charge in [0.2, 0.25) is 5.88 Å². The number of aryl methyl sites for hydroxylation is 1. The lowest BCUT2D eigenvalue weighted by Gasteiger charge is -2.05. The molecule has 0 bridgehead atoms. The lowest BCUT2D eigenvalue weighted by molar-refractivity contribution is 0.0996. The summed E-state index contributed by atoms with van der Waals surface area (Å²) in [5.41, 5.74) is 6.46. The lowest BCUT2D eigenvalue weighted by Crippen LogP contribution is -2.13. The zero-order valence-electron chi connectivity index (χ0n) is 7.79. The predicted molar refractivity (Wildman–Crippen MR) is 56.8 cm³/mol. The van der Waals surface area contributed by atoms with E-state index in [1.54, 1.807) is 12.3 Å². The van der Waals surface area contributed by atoms with Gasteiger partial charge in [0.25, 0.3) is 5.91 Å². The smallest absolute Gasteiger partial charge is 0.254 e. The Kier molecular flexibility index (Phi) is 3.88. The summed E-state index contributed by atoms with van der Waals surface area (Å²) in [4.78, 5) is 15.0. The van der Waals surface area contributed by atoms with Crippen LogP contribution < -0.4 is 10.5 Å². The van der Waals surface area contributed by atoms with E-state index in [0.717, 1.165) is 17.3 Å². The number of amides is 1. The second-order valence-electron chi connectivity index (χ2n) is 2.70. The van der Waals surface area contributed by atoms with E-state index in [-0.39, 0.29) is 5.88 Å². The molecular formula is C9H11BrN2O2. The van der Waals surface area contributed by atoms with Gasteiger partial charge in [-0.1, -0.05) is 15.9 Å². The molecule has 0 atom stereocenters. The van der Waals surface area contributed by atoms with Crippen molar-refractivity contribution < 1.29 is 9.53 Å². The van der Waals surface area contributed by atoms with Crippen molar-refractivity contribution >= 4 is 21.8 Å². The molecule has 1 amide bonds. The van der Waals surface area contributed by atoms with Gasteiger partial charge in [-0.2, -0.15) is 0 Å². The number of hydrogen-bond acceptors (Lipinski definition) is 3. The predicted octanol–water partition coefficient (Wildman–Crippen LogP) is 1.13. The zero-order chi connectivity index (χ0) is 10.6. The number of nitrogens with two attached hydrogens (primary N) is 1. The topological polar surface area (TPSA) is 65.2 Å². The van der Waals surface area contributed by atoms with E-state index in [0.29, 0.717) is 5.56 Å². The molecule has 0 aliphatic carbocycles. The number of carbonyl (C=O) groups excluding carboxylic acids is 1. The number of pyridine rings is 1. The van der Waals surface area contributed by atoms with Gasteiger partial charge in [0.05, 0.1) is 7.11 Å². The van der Waals surface area contributed by atoms with E-state index in [1.807, 2.05) is 0 Å². The van der Waals surface area contributed by atoms with Gasteiger partial charge in [-0.3, -0.25) is 4.79 Å². The van der Waals surface area contributed by atoms with Crippen LogP contribution in [0.1, 0.15) is 15.9 Å². The van der Waals surface area contributed by atoms with Gasteiger partial charge in [-0.15, -0.1) is 0 Å². The minimum absolute atomic E-state index is 0.274. The number of alkyl halides is 1. The minimum atomic E-state index is -0.522. The Morgan fingerprint density at radius 1 is 1.71 bits per heavy atom. The number of hydrogen-bond donors (Lipinski definition) is 1. The first kappa shape index (κ1) is 11.0. The van der Waals surface area contributed by atoms with Crippen molar-refractivity contribution in [1.82, 2.24) is 4.98 Å². The van der Waals surface area contributed by atoms with Gasteiger partial charge < -0.3 is 10.5 Å². The molecule has 0 aliphatic heterocycles. The number of nitrogens with zero attached hydrogens (tertiary/aromatic N) is 1. The van der Waals surface area contributed by atoms with Crippen LogP contribution in [0.15, 0.2) is 12.3 Å². The summed E-state index contributed by atoms with van der Waals surface area (Å²) in [6.45, 7) is 0. The van der Waals surface area contributed by atoms with Crippen LogP contribution in [-0.2, 0) is 6.42 Å². The first-order valence-corrected chi connectivity index (χ1v) is 5.20. The standard InChI is InChI=1S/C9H11BrN2O2/c1-14-9-7(8(11)13)4-6(2-3-10)5-12-9/h4-5H,2-3H2,1H3,(H2,11,13). The Bertz CT molecular complexity index is 342. The van der Waals surface area contributed by atoms with Gasteiger partial charge in [0.1, 0.15) is 5.56 Å². The van der Waals surface area contributed by atoms with Crippen molar-refractivity contribution in [2.45, 2.75) is 6.42 Å². The van der Waals surface area contributed by atoms with Gasteiger partial charge in [-0.25, -0.2) is 4.98 Å². The molecule has 0 saturated carbocycles. The molecule has 1 aromatic rings. The van der Waals surface area contributed by atoms with Crippen molar-refractivity contribution in [3.8, 4) is 5.88 Å². The summed E-state index contributed by atoms with van der Waals surface area (Å²) in [6, 6.07) is 1.70. The molecule has 4 nitrogen and oxygen atoms in total. The van der Waals surface area contributed by atoms with Crippen molar-refractivity contribution in [1.29, 1.82) is 0 Å². The third kappa shape index (κ3) is 2.45. The fourth-order valence-corrected chi connectivity index (χ4v) is 1.54. The Morgan fingerprint density at radius 3 is 2.93 bits per heavy atom. The highest BCUT2D eigenvalue weighted by atomic mass is 79.9. The molecule has 0 aromatic carbocycles. The number of rotatable bonds is 4. The number of methoxy groups -OCH3 is 1. The fraction of sp³-hybridized carbons (Fsp3) is 0.333. The van der Waals surface area contributed by atoms with Crippen molar-refractivity contribution in [3.63, 3.8) is 0 Å². The molecule has 0 radical (unpaired) electrons. The molecule has 0 unspecified atom stereocenters. The molecule has 1 rings (SSSR count). The average molecular weight is 259 g/mol. The summed E-state index contributed by atoms with van der Waals surface area (Å²) in [7, 11) is 1.46. The number of ether oxygens (including phenoxy) is 1. The number of aromatic nitrogens is 1. The molecule has 1 heterocycles. The summed E-state index contributed by atoms with van der Waals surface area (Å²) in [5, 5.41) is 0.819. The molecule has 0 spiro atoms. The summed E-state index contributed by atoms with van der Waals surface area (Å²) in [6.07, 6.45) is 2.48. The van der Waals surface area contributed by atoms with Crippen molar-refractivity contribution in [2.75, 3.05) is 12.4 Å². The van der Waals surface area contributed by atoms with Gasteiger partial charge >= 0.3 is 0 Å². The first-order valence-electron chi connectivity index (χ1n) is 4.07. The second kappa shape index (κ2) is 4.95. The molecule has 0 saturated heterocycles. The minimum Gasteiger partial charge on any atom is -0.480 e. The number of carbonyl (C=O) groups is 1. The molecule has 0 aliphatic rings. The normalized spacial score (nSPS) is 9.86. The quantitative estimate of drug-likeness (QED) is 0.824. The van der Waals surface area contributed by atoms with E-state index in [2.05, 4.69) is 20.9 Å². The summed E-state index contributed by atoms with van der Waals surface area (Å²) >= 11 is 3.31. The number of halogens is 1. The van der Waals surface area contributed by atoms with Crippen LogP contribution >= 0.6 is 15.9 Å². The van der Waals surface area contributed by atoms with Crippen molar-refractivity contribution in [3.05, 3.63) is 23.4 Å². The highest BCUT2D eigenvalue weighted by Crippen LogP contribution is 2.16. The second-order valence-corrected chi connectivity index (χ2v) is 3.50. The average Bonchev–Trinajstić information content (AvgIpc) is 2.18. The molecule has 1 aromatic heterocycles. The molecule has 0 fully saturated rings. The van der Waals surface area contributed by atoms with E-state index < -0.39 is 5.91 Å². The Morgan fingerprint density at radius 2 is 2.43 bits per heavy atom. The van der Waals surface area contributed by atoms with Crippen LogP contribution in [0.2, 0.25) is 0 Å². The van der Waals surface area contributed by atoms with Crippen LogP contribution in [0.5, 0.6) is 5.88 Å². The van der Waals surface area contributed by atoms with Crippen LogP contribution in [0.3, 0.4) is 0 Å². The molecule has 2 N–H and O–H groups in total. The monoisotopic (exact) mass is 258 g/mol. The third-order valence-corrected chi connectivity index (χ3v) is 2.15. The Balaban J connectivity index is 3.07.